The van der Waals surface area contributed by atoms with Crippen molar-refractivity contribution in [1.82, 2.24) is 0 Å². The van der Waals surface area contributed by atoms with Crippen LogP contribution in [0.15, 0.2) is 127 Å². The molecule has 1 atom stereocenters. The van der Waals surface area contributed by atoms with Crippen LogP contribution in [0.4, 0.5) is 0 Å². The van der Waals surface area contributed by atoms with Gasteiger partial charge in [-0.25, -0.2) is 0 Å². The van der Waals surface area contributed by atoms with E-state index >= 15 is 0 Å². The summed E-state index contributed by atoms with van der Waals surface area (Å²) in [7, 11) is 0. The number of benzene rings is 6. The summed E-state index contributed by atoms with van der Waals surface area (Å²) in [5.41, 5.74) is 18.2. The van der Waals surface area contributed by atoms with Crippen LogP contribution < -0.4 is 0 Å². The predicted octanol–water partition coefficient (Wildman–Crippen LogP) is 11.4. The molecule has 0 radical (unpaired) electrons. The lowest BCUT2D eigenvalue weighted by Gasteiger charge is -2.35. The fraction of sp³-hybridized carbons (Fsp3) is 0.136. The molecule has 4 aliphatic carbocycles. The van der Waals surface area contributed by atoms with E-state index in [2.05, 4.69) is 134 Å². The molecule has 0 fully saturated rings. The number of aryl methyl sites for hydroxylation is 2. The van der Waals surface area contributed by atoms with E-state index in [1.807, 2.05) is 0 Å². The molecular weight excluding hydrogens is 528 g/mol. The van der Waals surface area contributed by atoms with Crippen LogP contribution in [0.5, 0.6) is 0 Å². The van der Waals surface area contributed by atoms with Crippen molar-refractivity contribution in [2.24, 2.45) is 0 Å². The number of rotatable bonds is 1. The molecule has 4 aliphatic rings. The molecule has 1 spiro atoms. The quantitative estimate of drug-likeness (QED) is 0.188. The molecule has 0 heteroatoms. The zero-order valence-corrected chi connectivity index (χ0v) is 25.0. The average molecular weight is 561 g/mol. The average Bonchev–Trinajstić information content (AvgIpc) is 3.55. The van der Waals surface area contributed by atoms with Gasteiger partial charge < -0.3 is 0 Å². The van der Waals surface area contributed by atoms with Crippen molar-refractivity contribution < 1.29 is 0 Å². The Morgan fingerprint density at radius 3 is 2.27 bits per heavy atom. The highest BCUT2D eigenvalue weighted by molar-refractivity contribution is 6.12. The highest BCUT2D eigenvalue weighted by atomic mass is 14.5. The zero-order valence-electron chi connectivity index (χ0n) is 25.0. The maximum absolute atomic E-state index is 2.56. The molecule has 0 heterocycles. The molecule has 6 aromatic carbocycles. The van der Waals surface area contributed by atoms with Gasteiger partial charge in [-0.1, -0.05) is 115 Å². The van der Waals surface area contributed by atoms with E-state index in [-0.39, 0.29) is 5.41 Å². The molecule has 0 N–H and O–H groups in total. The Hall–Kier alpha value is -4.94. The molecule has 0 bridgehead atoms. The Morgan fingerprint density at radius 1 is 0.591 bits per heavy atom. The predicted molar refractivity (Wildman–Crippen MR) is 186 cm³/mol. The zero-order chi connectivity index (χ0) is 29.0. The van der Waals surface area contributed by atoms with E-state index in [0.29, 0.717) is 0 Å². The van der Waals surface area contributed by atoms with Gasteiger partial charge in [0.1, 0.15) is 0 Å². The van der Waals surface area contributed by atoms with E-state index in [1.165, 1.54) is 93.9 Å². The van der Waals surface area contributed by atoms with Crippen LogP contribution in [0.3, 0.4) is 0 Å². The third-order valence-electron chi connectivity index (χ3n) is 10.9. The second-order valence-electron chi connectivity index (χ2n) is 13.1. The van der Waals surface area contributed by atoms with Crippen molar-refractivity contribution in [3.63, 3.8) is 0 Å². The lowest BCUT2D eigenvalue weighted by molar-refractivity contribution is 0.776. The summed E-state index contributed by atoms with van der Waals surface area (Å²) in [5.74, 6) is 0. The van der Waals surface area contributed by atoms with E-state index in [9.17, 15) is 0 Å². The van der Waals surface area contributed by atoms with E-state index in [1.54, 1.807) is 0 Å². The second-order valence-corrected chi connectivity index (χ2v) is 13.1. The first-order valence-electron chi connectivity index (χ1n) is 16.1. The Kier molecular flexibility index (Phi) is 4.90. The summed E-state index contributed by atoms with van der Waals surface area (Å²) in [6, 6.07) is 39.6. The van der Waals surface area contributed by atoms with Gasteiger partial charge in [0.2, 0.25) is 0 Å². The van der Waals surface area contributed by atoms with Gasteiger partial charge in [-0.05, 0) is 139 Å². The largest absolute Gasteiger partial charge is 0.0839 e. The van der Waals surface area contributed by atoms with E-state index in [0.717, 1.165) is 25.7 Å². The van der Waals surface area contributed by atoms with Gasteiger partial charge in [0.15, 0.2) is 0 Å². The van der Waals surface area contributed by atoms with Gasteiger partial charge in [0.05, 0.1) is 5.41 Å². The minimum absolute atomic E-state index is 0.322. The molecule has 10 rings (SSSR count). The second kappa shape index (κ2) is 8.80. The Bertz CT molecular complexity index is 2320. The summed E-state index contributed by atoms with van der Waals surface area (Å²) in [4.78, 5) is 0. The first kappa shape index (κ1) is 24.5. The lowest BCUT2D eigenvalue weighted by atomic mass is 9.66. The van der Waals surface area contributed by atoms with Crippen molar-refractivity contribution in [3.8, 4) is 22.3 Å². The van der Waals surface area contributed by atoms with E-state index < -0.39 is 0 Å². The summed E-state index contributed by atoms with van der Waals surface area (Å²) in [6.07, 6.45) is 14.2. The maximum atomic E-state index is 2.56. The SMILES string of the molecule is Cc1ccc(-c2ccc3cc4c(cc3c2)C2(C3=C(CCC=C3)c3ccccc32)c2c3c(c5ccccc5c2-4)CCC=C3)cc1. The minimum atomic E-state index is -0.322. The number of allylic oxidation sites excluding steroid dienone is 5. The Morgan fingerprint density at radius 2 is 1.36 bits per heavy atom. The summed E-state index contributed by atoms with van der Waals surface area (Å²) >= 11 is 0. The van der Waals surface area contributed by atoms with Crippen LogP contribution in [0.25, 0.3) is 55.4 Å². The fourth-order valence-electron chi connectivity index (χ4n) is 9.03. The molecule has 6 aromatic rings. The summed E-state index contributed by atoms with van der Waals surface area (Å²) < 4.78 is 0. The Labute approximate surface area is 258 Å². The molecule has 0 nitrogen and oxygen atoms in total. The molecule has 0 saturated carbocycles. The van der Waals surface area contributed by atoms with Gasteiger partial charge in [-0.15, -0.1) is 0 Å². The van der Waals surface area contributed by atoms with Gasteiger partial charge in [-0.2, -0.15) is 0 Å². The van der Waals surface area contributed by atoms with Crippen molar-refractivity contribution in [2.75, 3.05) is 0 Å². The van der Waals surface area contributed by atoms with Crippen molar-refractivity contribution >= 4 is 33.2 Å². The van der Waals surface area contributed by atoms with Gasteiger partial charge in [0.25, 0.3) is 0 Å². The number of hydrogen-bond donors (Lipinski definition) is 0. The van der Waals surface area contributed by atoms with Crippen LogP contribution in [-0.2, 0) is 11.8 Å². The van der Waals surface area contributed by atoms with Gasteiger partial charge in [0, 0.05) is 0 Å². The smallest absolute Gasteiger partial charge is 0.0728 e. The fourth-order valence-corrected chi connectivity index (χ4v) is 9.03. The highest BCUT2D eigenvalue weighted by Gasteiger charge is 2.54. The van der Waals surface area contributed by atoms with Crippen molar-refractivity contribution in [3.05, 3.63) is 166 Å². The highest BCUT2D eigenvalue weighted by Crippen LogP contribution is 2.66. The number of hydrogen-bond acceptors (Lipinski definition) is 0. The molecular formula is C44H32. The molecule has 0 saturated heterocycles. The van der Waals surface area contributed by atoms with Crippen molar-refractivity contribution in [2.45, 2.75) is 38.0 Å². The summed E-state index contributed by atoms with van der Waals surface area (Å²) in [5, 5.41) is 5.44. The first-order chi connectivity index (χ1) is 21.7. The molecule has 0 aliphatic heterocycles. The van der Waals surface area contributed by atoms with Crippen LogP contribution in [0.1, 0.15) is 58.2 Å². The van der Waals surface area contributed by atoms with Gasteiger partial charge >= 0.3 is 0 Å². The third-order valence-corrected chi connectivity index (χ3v) is 10.9. The van der Waals surface area contributed by atoms with Crippen LogP contribution >= 0.6 is 0 Å². The minimum Gasteiger partial charge on any atom is -0.0839 e. The van der Waals surface area contributed by atoms with Gasteiger partial charge in [-0.3, -0.25) is 0 Å². The van der Waals surface area contributed by atoms with E-state index in [4.69, 9.17) is 0 Å². The van der Waals surface area contributed by atoms with Crippen LogP contribution in [0.2, 0.25) is 0 Å². The topological polar surface area (TPSA) is 0 Å². The Balaban J connectivity index is 1.38. The van der Waals surface area contributed by atoms with Crippen LogP contribution in [-0.4, -0.2) is 0 Å². The molecule has 44 heavy (non-hydrogen) atoms. The lowest BCUT2D eigenvalue weighted by Crippen LogP contribution is -2.28. The monoisotopic (exact) mass is 560 g/mol. The van der Waals surface area contributed by atoms with Crippen LogP contribution in [0, 0.1) is 6.92 Å². The number of fused-ring (bicyclic) bond motifs is 15. The third kappa shape index (κ3) is 3.03. The molecule has 0 aromatic heterocycles. The standard InChI is InChI=1S/C44H32/c1-27-18-20-28(21-19-27)29-22-23-30-25-38-41(26-31(30)24-29)44(39-16-8-6-12-34(39)35-13-7-9-17-40(35)44)43-37-15-5-3-11-33(37)32-10-2-4-14-36(32)42(38)43/h2,4-6,8-10,12,14-26H,3,7,11,13H2,1H3. The molecule has 0 amide bonds. The maximum Gasteiger partial charge on any atom is 0.0728 e. The molecule has 208 valence electrons. The van der Waals surface area contributed by atoms with Crippen molar-refractivity contribution in [1.29, 1.82) is 0 Å². The normalized spacial score (nSPS) is 18.9. The summed E-state index contributed by atoms with van der Waals surface area (Å²) in [6.45, 7) is 2.16. The first-order valence-corrected chi connectivity index (χ1v) is 16.1. The molecule has 1 unspecified atom stereocenters.